The molecule has 7 atom stereocenters. The molecule has 3 aromatic rings. The first-order chi connectivity index (χ1) is 22.5. The van der Waals surface area contributed by atoms with Crippen LogP contribution in [0.4, 0.5) is 0 Å². The van der Waals surface area contributed by atoms with Crippen LogP contribution in [0.5, 0.6) is 5.75 Å². The van der Waals surface area contributed by atoms with Crippen LogP contribution in [0.1, 0.15) is 64.0 Å². The molecule has 0 radical (unpaired) electrons. The molecule has 1 amide bonds. The van der Waals surface area contributed by atoms with Crippen molar-refractivity contribution >= 4 is 21.6 Å². The molecule has 252 valence electrons. The Hall–Kier alpha value is -3.69. The van der Waals surface area contributed by atoms with E-state index in [2.05, 4.69) is 9.68 Å². The number of fused-ring (bicyclic) bond motifs is 1. The minimum Gasteiger partial charge on any atom is -0.489 e. The van der Waals surface area contributed by atoms with Crippen LogP contribution in [-0.4, -0.2) is 51.2 Å². The standard InChI is InChI=1S/C38H48N2O6S/c1-38(2,3)46-33(41)24-28(22-27-16-13-17-29(23-27)45-25-26-14-7-5-8-15-26)37(43)40-34-31-20-11-12-21-32(31)36(35(34)42)47(44,39-4)30-18-9-6-10-19-30/h5-10,13-19,23,28,31-32,34-36,42H,11-12,20-22,24-25H2,1-4H3,(H,40,43)/t28-,31-,32+,34+,35-,36-,47?/m1/s1. The highest BCUT2D eigenvalue weighted by Crippen LogP contribution is 2.47. The molecule has 0 heterocycles. The third-order valence-electron chi connectivity index (χ3n) is 9.33. The number of nitrogens with zero attached hydrogens (tertiary/aromatic N) is 1. The maximum atomic E-state index is 14.6. The van der Waals surface area contributed by atoms with Crippen molar-refractivity contribution in [2.45, 2.75) is 93.8 Å². The van der Waals surface area contributed by atoms with E-state index >= 15 is 0 Å². The molecule has 0 bridgehead atoms. The molecular weight excluding hydrogens is 612 g/mol. The maximum Gasteiger partial charge on any atom is 0.307 e. The van der Waals surface area contributed by atoms with Crippen molar-refractivity contribution in [3.05, 3.63) is 96.1 Å². The van der Waals surface area contributed by atoms with Crippen molar-refractivity contribution in [1.29, 1.82) is 0 Å². The van der Waals surface area contributed by atoms with Crippen LogP contribution in [0.15, 0.2) is 94.2 Å². The first-order valence-electron chi connectivity index (χ1n) is 16.6. The number of nitrogens with one attached hydrogen (secondary N) is 1. The van der Waals surface area contributed by atoms with Crippen LogP contribution < -0.4 is 10.1 Å². The van der Waals surface area contributed by atoms with Crippen LogP contribution >= 0.6 is 0 Å². The fourth-order valence-electron chi connectivity index (χ4n) is 7.28. The number of ether oxygens (including phenoxy) is 2. The fourth-order valence-corrected chi connectivity index (χ4v) is 9.96. The molecule has 0 spiro atoms. The van der Waals surface area contributed by atoms with Gasteiger partial charge in [0.1, 0.15) is 18.0 Å². The van der Waals surface area contributed by atoms with E-state index in [4.69, 9.17) is 9.47 Å². The molecule has 2 saturated carbocycles. The van der Waals surface area contributed by atoms with E-state index in [0.29, 0.717) is 17.3 Å². The number of esters is 1. The molecule has 0 aliphatic heterocycles. The van der Waals surface area contributed by atoms with Gasteiger partial charge in [-0.15, -0.1) is 0 Å². The number of hydrogen-bond acceptors (Lipinski definition) is 7. The van der Waals surface area contributed by atoms with Crippen molar-refractivity contribution in [2.75, 3.05) is 7.05 Å². The highest BCUT2D eigenvalue weighted by atomic mass is 32.2. The van der Waals surface area contributed by atoms with Crippen molar-refractivity contribution < 1.29 is 28.4 Å². The van der Waals surface area contributed by atoms with Gasteiger partial charge in [0.15, 0.2) is 0 Å². The molecule has 8 nitrogen and oxygen atoms in total. The van der Waals surface area contributed by atoms with Gasteiger partial charge in [0.2, 0.25) is 5.91 Å². The van der Waals surface area contributed by atoms with E-state index in [-0.39, 0.29) is 30.6 Å². The number of hydrogen-bond donors (Lipinski definition) is 2. The second-order valence-electron chi connectivity index (χ2n) is 13.8. The lowest BCUT2D eigenvalue weighted by molar-refractivity contribution is -0.157. The highest BCUT2D eigenvalue weighted by molar-refractivity contribution is 7.94. The third-order valence-corrected chi connectivity index (χ3v) is 12.2. The molecule has 0 saturated heterocycles. The van der Waals surface area contributed by atoms with Gasteiger partial charge in [-0.2, -0.15) is 0 Å². The number of rotatable bonds is 11. The van der Waals surface area contributed by atoms with Gasteiger partial charge >= 0.3 is 5.97 Å². The predicted molar refractivity (Wildman–Crippen MR) is 183 cm³/mol. The molecule has 1 unspecified atom stereocenters. The Morgan fingerprint density at radius 2 is 1.57 bits per heavy atom. The summed E-state index contributed by atoms with van der Waals surface area (Å²) in [6.45, 7) is 5.81. The summed E-state index contributed by atoms with van der Waals surface area (Å²) in [4.78, 5) is 27.8. The number of benzene rings is 3. The zero-order valence-electron chi connectivity index (χ0n) is 27.8. The minimum absolute atomic E-state index is 0.0455. The summed E-state index contributed by atoms with van der Waals surface area (Å²) in [6.07, 6.45) is 2.68. The fraction of sp³-hybridized carbons (Fsp3) is 0.474. The Morgan fingerprint density at radius 1 is 0.936 bits per heavy atom. The van der Waals surface area contributed by atoms with E-state index in [9.17, 15) is 18.9 Å². The largest absolute Gasteiger partial charge is 0.489 e. The minimum atomic E-state index is -2.98. The molecule has 9 heteroatoms. The van der Waals surface area contributed by atoms with Gasteiger partial charge in [-0.3, -0.25) is 9.59 Å². The first-order valence-corrected chi connectivity index (χ1v) is 18.2. The zero-order chi connectivity index (χ0) is 33.6. The second-order valence-corrected chi connectivity index (χ2v) is 16.3. The Morgan fingerprint density at radius 3 is 2.23 bits per heavy atom. The second kappa shape index (κ2) is 15.0. The topological polar surface area (TPSA) is 114 Å². The summed E-state index contributed by atoms with van der Waals surface area (Å²) in [5.74, 6) is -0.983. The number of carbonyl (C=O) groups excluding carboxylic acids is 2. The molecule has 0 aromatic heterocycles. The third kappa shape index (κ3) is 8.43. The van der Waals surface area contributed by atoms with E-state index in [0.717, 1.165) is 36.8 Å². The van der Waals surface area contributed by atoms with Crippen LogP contribution in [0, 0.1) is 17.8 Å². The summed E-state index contributed by atoms with van der Waals surface area (Å²) in [7, 11) is -1.42. The summed E-state index contributed by atoms with van der Waals surface area (Å²) < 4.78 is 30.6. The monoisotopic (exact) mass is 660 g/mol. The maximum absolute atomic E-state index is 14.6. The van der Waals surface area contributed by atoms with Gasteiger partial charge in [0.05, 0.1) is 39.5 Å². The Kier molecular flexibility index (Phi) is 11.1. The molecule has 5 rings (SSSR count). The summed E-state index contributed by atoms with van der Waals surface area (Å²) in [5.41, 5.74) is 1.19. The summed E-state index contributed by atoms with van der Waals surface area (Å²) >= 11 is 0. The van der Waals surface area contributed by atoms with E-state index in [1.165, 1.54) is 0 Å². The molecule has 2 N–H and O–H groups in total. The number of amides is 1. The van der Waals surface area contributed by atoms with Gasteiger partial charge in [-0.1, -0.05) is 73.5 Å². The van der Waals surface area contributed by atoms with Crippen molar-refractivity contribution in [3.8, 4) is 5.75 Å². The van der Waals surface area contributed by atoms with Crippen molar-refractivity contribution in [1.82, 2.24) is 5.32 Å². The van der Waals surface area contributed by atoms with Gasteiger partial charge in [-0.25, -0.2) is 8.57 Å². The summed E-state index contributed by atoms with van der Waals surface area (Å²) in [5, 5.41) is 14.4. The predicted octanol–water partition coefficient (Wildman–Crippen LogP) is 6.35. The lowest BCUT2D eigenvalue weighted by Gasteiger charge is -2.32. The van der Waals surface area contributed by atoms with Gasteiger partial charge < -0.3 is 19.9 Å². The number of aliphatic hydroxyl groups is 1. The van der Waals surface area contributed by atoms with Crippen LogP contribution in [0.2, 0.25) is 0 Å². The lowest BCUT2D eigenvalue weighted by atomic mass is 9.80. The van der Waals surface area contributed by atoms with Crippen LogP contribution in [-0.2, 0) is 37.1 Å². The van der Waals surface area contributed by atoms with E-state index in [1.807, 2.05) is 72.8 Å². The van der Waals surface area contributed by atoms with E-state index < -0.39 is 44.6 Å². The molecule has 2 aliphatic rings. The Balaban J connectivity index is 1.38. The lowest BCUT2D eigenvalue weighted by Crippen LogP contribution is -2.49. The van der Waals surface area contributed by atoms with Crippen molar-refractivity contribution in [2.24, 2.45) is 22.1 Å². The van der Waals surface area contributed by atoms with Gasteiger partial charge in [-0.05, 0) is 87.3 Å². The molecule has 2 aliphatic carbocycles. The molecular formula is C38H48N2O6S. The highest BCUT2D eigenvalue weighted by Gasteiger charge is 2.55. The van der Waals surface area contributed by atoms with Gasteiger partial charge in [0, 0.05) is 11.9 Å². The quantitative estimate of drug-likeness (QED) is 0.232. The normalized spacial score (nSPS) is 24.3. The molecule has 2 fully saturated rings. The van der Waals surface area contributed by atoms with Gasteiger partial charge in [0.25, 0.3) is 0 Å². The Bertz CT molecular complexity index is 1630. The van der Waals surface area contributed by atoms with Crippen molar-refractivity contribution in [3.63, 3.8) is 0 Å². The van der Waals surface area contributed by atoms with E-state index in [1.54, 1.807) is 40.0 Å². The zero-order valence-corrected chi connectivity index (χ0v) is 28.7. The Labute approximate surface area is 279 Å². The smallest absolute Gasteiger partial charge is 0.307 e. The number of carbonyl (C=O) groups is 2. The first kappa shape index (κ1) is 34.6. The van der Waals surface area contributed by atoms with Crippen LogP contribution in [0.25, 0.3) is 0 Å². The molecule has 3 aromatic carbocycles. The average molecular weight is 661 g/mol. The van der Waals surface area contributed by atoms with Crippen LogP contribution in [0.3, 0.4) is 0 Å². The average Bonchev–Trinajstić information content (AvgIpc) is 3.34. The SMILES string of the molecule is CN=S(=O)(c1ccccc1)[C@H]1[C@H](O)[C@@H](NC(=O)[C@@H](CC(=O)OC(C)(C)C)Cc2cccc(OCc3ccccc3)c2)[C@@H]2CCCC[C@@H]21. The summed E-state index contributed by atoms with van der Waals surface area (Å²) in [6, 6.07) is 26.0. The number of aliphatic hydroxyl groups excluding tert-OH is 1. The molecule has 47 heavy (non-hydrogen) atoms.